The SMILES string of the molecule is CN(C)Cc1cc(OC2CCN([C@H]3C[C@](CC#N)(n4cc(-c5ncnc6[nH]ccc56)cn4)C3)CC2)nc(C(F)(F)F)n1. The number of fused-ring (bicyclic) bond motifs is 1. The maximum atomic E-state index is 13.4. The summed E-state index contributed by atoms with van der Waals surface area (Å²) in [6.07, 6.45) is 5.45. The van der Waals surface area contributed by atoms with Crippen molar-refractivity contribution in [3.05, 3.63) is 48.6 Å². The van der Waals surface area contributed by atoms with Crippen molar-refractivity contribution in [1.29, 1.82) is 5.26 Å². The standard InChI is InChI=1S/C28H31F3N10O/c1-39(2)16-19-11-23(38-26(37-19)28(29,30)31)42-21-4-9-40(10-5-21)20-12-27(13-20,6-7-32)41-15-18(14-36-41)24-22-3-8-33-25(22)35-17-34-24/h3,8,11,14-15,17,20-21H,4-6,9-10,12-13,16H2,1-2H3,(H,33,34,35)/t20-,27-. The number of aromatic nitrogens is 7. The van der Waals surface area contributed by atoms with Crippen LogP contribution >= 0.6 is 0 Å². The first-order valence-electron chi connectivity index (χ1n) is 13.8. The highest BCUT2D eigenvalue weighted by atomic mass is 19.4. The maximum absolute atomic E-state index is 13.4. The summed E-state index contributed by atoms with van der Waals surface area (Å²) >= 11 is 0. The molecule has 220 valence electrons. The molecule has 1 aliphatic heterocycles. The van der Waals surface area contributed by atoms with Crippen LogP contribution < -0.4 is 4.74 Å². The molecule has 0 aromatic carbocycles. The lowest BCUT2D eigenvalue weighted by Gasteiger charge is -2.52. The number of halogens is 3. The van der Waals surface area contributed by atoms with E-state index in [2.05, 4.69) is 41.0 Å². The number of piperidine rings is 1. The molecule has 0 radical (unpaired) electrons. The lowest BCUT2D eigenvalue weighted by Crippen LogP contribution is -2.58. The zero-order valence-corrected chi connectivity index (χ0v) is 23.3. The molecular formula is C28H31F3N10O. The average Bonchev–Trinajstić information content (AvgIpc) is 3.60. The fourth-order valence-electron chi connectivity index (χ4n) is 6.04. The Balaban J connectivity index is 1.09. The van der Waals surface area contributed by atoms with Gasteiger partial charge in [-0.15, -0.1) is 0 Å². The van der Waals surface area contributed by atoms with Crippen LogP contribution in [-0.4, -0.2) is 83.8 Å². The number of rotatable bonds is 8. The van der Waals surface area contributed by atoms with Gasteiger partial charge in [0, 0.05) is 55.1 Å². The monoisotopic (exact) mass is 580 g/mol. The average molecular weight is 581 g/mol. The first-order valence-corrected chi connectivity index (χ1v) is 13.8. The fraction of sp³-hybridized carbons (Fsp3) is 0.500. The molecule has 0 spiro atoms. The number of nitriles is 1. The Hall–Kier alpha value is -4.09. The summed E-state index contributed by atoms with van der Waals surface area (Å²) in [4.78, 5) is 23.3. The number of hydrogen-bond donors (Lipinski definition) is 1. The van der Waals surface area contributed by atoms with Crippen LogP contribution in [0.4, 0.5) is 13.2 Å². The largest absolute Gasteiger partial charge is 0.474 e. The van der Waals surface area contributed by atoms with Gasteiger partial charge >= 0.3 is 6.18 Å². The van der Waals surface area contributed by atoms with Crippen molar-refractivity contribution >= 4 is 11.0 Å². The molecule has 2 fully saturated rings. The number of aromatic amines is 1. The Kier molecular flexibility index (Phi) is 7.32. The fourth-order valence-corrected chi connectivity index (χ4v) is 6.04. The quantitative estimate of drug-likeness (QED) is 0.329. The Morgan fingerprint density at radius 1 is 1.19 bits per heavy atom. The van der Waals surface area contributed by atoms with Crippen LogP contribution in [0.5, 0.6) is 5.88 Å². The summed E-state index contributed by atoms with van der Waals surface area (Å²) in [6.45, 7) is 1.74. The van der Waals surface area contributed by atoms with Gasteiger partial charge in [-0.1, -0.05) is 0 Å². The Bertz CT molecular complexity index is 1590. The number of hydrogen-bond acceptors (Lipinski definition) is 9. The smallest absolute Gasteiger partial charge is 0.451 e. The van der Waals surface area contributed by atoms with E-state index in [4.69, 9.17) is 4.74 Å². The second-order valence-electron chi connectivity index (χ2n) is 11.4. The van der Waals surface area contributed by atoms with Crippen LogP contribution in [0.3, 0.4) is 0 Å². The van der Waals surface area contributed by atoms with Gasteiger partial charge in [-0.25, -0.2) is 15.0 Å². The molecular weight excluding hydrogens is 549 g/mol. The van der Waals surface area contributed by atoms with Crippen molar-refractivity contribution in [2.75, 3.05) is 27.2 Å². The molecule has 14 heteroatoms. The summed E-state index contributed by atoms with van der Waals surface area (Å²) in [5.41, 5.74) is 2.28. The molecule has 0 amide bonds. The van der Waals surface area contributed by atoms with E-state index in [0.717, 1.165) is 48.2 Å². The minimum absolute atomic E-state index is 0.0422. The third-order valence-corrected chi connectivity index (χ3v) is 8.10. The third-order valence-electron chi connectivity index (χ3n) is 8.10. The Morgan fingerprint density at radius 2 is 1.98 bits per heavy atom. The van der Waals surface area contributed by atoms with Crippen molar-refractivity contribution in [2.45, 2.75) is 62.5 Å². The van der Waals surface area contributed by atoms with E-state index in [0.29, 0.717) is 19.3 Å². The molecule has 0 atom stereocenters. The molecule has 1 N–H and O–H groups in total. The molecule has 11 nitrogen and oxygen atoms in total. The molecule has 1 saturated carbocycles. The van der Waals surface area contributed by atoms with Gasteiger partial charge in [-0.05, 0) is 45.8 Å². The van der Waals surface area contributed by atoms with Crippen LogP contribution in [0.2, 0.25) is 0 Å². The molecule has 1 aliphatic carbocycles. The Labute approximate surface area is 240 Å². The summed E-state index contributed by atoms with van der Waals surface area (Å²) in [5, 5.41) is 15.2. The maximum Gasteiger partial charge on any atom is 0.451 e. The third kappa shape index (κ3) is 5.54. The summed E-state index contributed by atoms with van der Waals surface area (Å²) < 4.78 is 48.0. The van der Waals surface area contributed by atoms with E-state index in [9.17, 15) is 18.4 Å². The van der Waals surface area contributed by atoms with Gasteiger partial charge in [0.2, 0.25) is 11.7 Å². The number of ether oxygens (including phenoxy) is 1. The van der Waals surface area contributed by atoms with E-state index in [1.54, 1.807) is 25.2 Å². The zero-order chi connectivity index (χ0) is 29.5. The van der Waals surface area contributed by atoms with Gasteiger partial charge in [0.25, 0.3) is 0 Å². The number of nitrogens with one attached hydrogen (secondary N) is 1. The molecule has 6 rings (SSSR count). The second kappa shape index (κ2) is 11.0. The van der Waals surface area contributed by atoms with E-state index >= 15 is 0 Å². The molecule has 4 aromatic rings. The summed E-state index contributed by atoms with van der Waals surface area (Å²) in [6, 6.07) is 6.05. The normalized spacial score (nSPS) is 21.9. The van der Waals surface area contributed by atoms with Crippen LogP contribution in [0, 0.1) is 11.3 Å². The molecule has 0 unspecified atom stereocenters. The van der Waals surface area contributed by atoms with Gasteiger partial charge in [0.15, 0.2) is 0 Å². The first-order chi connectivity index (χ1) is 20.1. The summed E-state index contributed by atoms with van der Waals surface area (Å²) in [7, 11) is 3.53. The highest BCUT2D eigenvalue weighted by Crippen LogP contribution is 2.45. The topological polar surface area (TPSA) is 125 Å². The van der Waals surface area contributed by atoms with E-state index < -0.39 is 17.5 Å². The molecule has 5 heterocycles. The summed E-state index contributed by atoms with van der Waals surface area (Å²) in [5.74, 6) is -1.23. The lowest BCUT2D eigenvalue weighted by atomic mass is 9.69. The van der Waals surface area contributed by atoms with Gasteiger partial charge < -0.3 is 14.6 Å². The van der Waals surface area contributed by atoms with Crippen LogP contribution in [0.15, 0.2) is 37.1 Å². The minimum Gasteiger partial charge on any atom is -0.474 e. The molecule has 42 heavy (non-hydrogen) atoms. The molecule has 4 aromatic heterocycles. The lowest BCUT2D eigenvalue weighted by molar-refractivity contribution is -0.145. The highest BCUT2D eigenvalue weighted by molar-refractivity contribution is 5.90. The minimum atomic E-state index is -4.65. The molecule has 0 bridgehead atoms. The number of likely N-dealkylation sites (tertiary alicyclic amines) is 1. The molecule has 1 saturated heterocycles. The second-order valence-corrected chi connectivity index (χ2v) is 11.4. The van der Waals surface area contributed by atoms with Gasteiger partial charge in [0.1, 0.15) is 18.1 Å². The van der Waals surface area contributed by atoms with Gasteiger partial charge in [0.05, 0.1) is 35.6 Å². The number of H-pyrrole nitrogens is 1. The van der Waals surface area contributed by atoms with Crippen molar-refractivity contribution in [1.82, 2.24) is 44.5 Å². The Morgan fingerprint density at radius 3 is 2.69 bits per heavy atom. The van der Waals surface area contributed by atoms with Crippen molar-refractivity contribution in [3.8, 4) is 23.2 Å². The van der Waals surface area contributed by atoms with Crippen LogP contribution in [0.1, 0.15) is 43.6 Å². The zero-order valence-electron chi connectivity index (χ0n) is 23.3. The van der Waals surface area contributed by atoms with E-state index in [-0.39, 0.29) is 30.3 Å². The predicted octanol–water partition coefficient (Wildman–Crippen LogP) is 4.01. The van der Waals surface area contributed by atoms with Crippen molar-refractivity contribution < 1.29 is 17.9 Å². The predicted molar refractivity (Wildman–Crippen MR) is 146 cm³/mol. The van der Waals surface area contributed by atoms with Crippen molar-refractivity contribution in [2.24, 2.45) is 0 Å². The van der Waals surface area contributed by atoms with Gasteiger partial charge in [-0.3, -0.25) is 9.58 Å². The van der Waals surface area contributed by atoms with E-state index in [1.165, 1.54) is 12.4 Å². The first kappa shape index (κ1) is 28.0. The highest BCUT2D eigenvalue weighted by Gasteiger charge is 2.49. The van der Waals surface area contributed by atoms with Crippen molar-refractivity contribution in [3.63, 3.8) is 0 Å². The number of nitrogens with zero attached hydrogens (tertiary/aromatic N) is 9. The van der Waals surface area contributed by atoms with Crippen LogP contribution in [0.25, 0.3) is 22.3 Å². The van der Waals surface area contributed by atoms with Gasteiger partial charge in [-0.2, -0.15) is 28.5 Å². The van der Waals surface area contributed by atoms with Crippen LogP contribution in [-0.2, 0) is 18.3 Å². The molecule has 2 aliphatic rings. The number of alkyl halides is 3. The van der Waals surface area contributed by atoms with E-state index in [1.807, 2.05) is 23.1 Å².